The van der Waals surface area contributed by atoms with E-state index in [4.69, 9.17) is 4.74 Å². The Morgan fingerprint density at radius 3 is 2.50 bits per heavy atom. The summed E-state index contributed by atoms with van der Waals surface area (Å²) >= 11 is 0. The fourth-order valence-corrected chi connectivity index (χ4v) is 4.33. The molecule has 4 aromatic rings. The van der Waals surface area contributed by atoms with Gasteiger partial charge >= 0.3 is 0 Å². The van der Waals surface area contributed by atoms with Crippen molar-refractivity contribution in [3.8, 4) is 33.8 Å². The second-order valence-electron chi connectivity index (χ2n) is 8.29. The number of H-pyrrole nitrogens is 1. The molecule has 0 saturated heterocycles. The number of aliphatic hydroxyl groups excluding tert-OH is 1. The number of phenolic OH excluding ortho intramolecular Hbond substituents is 1. The number of hydrogen-bond donors (Lipinski definition) is 4. The first-order valence-electron chi connectivity index (χ1n) is 10.9. The molecule has 0 spiro atoms. The topological polar surface area (TPSA) is 103 Å². The van der Waals surface area contributed by atoms with Gasteiger partial charge in [0.2, 0.25) is 0 Å². The number of pyridine rings is 2. The lowest BCUT2D eigenvalue weighted by Crippen LogP contribution is -2.28. The predicted molar refractivity (Wildman–Crippen MR) is 125 cm³/mol. The van der Waals surface area contributed by atoms with Crippen LogP contribution in [0.25, 0.3) is 33.3 Å². The second-order valence-corrected chi connectivity index (χ2v) is 8.29. The quantitative estimate of drug-likeness (QED) is 0.365. The van der Waals surface area contributed by atoms with Gasteiger partial charge in [-0.15, -0.1) is 0 Å². The first-order chi connectivity index (χ1) is 15.6. The molecule has 7 heteroatoms. The number of anilines is 1. The summed E-state index contributed by atoms with van der Waals surface area (Å²) in [5.41, 5.74) is 4.68. The zero-order valence-electron chi connectivity index (χ0n) is 17.9. The number of benzene rings is 1. The Bertz CT molecular complexity index is 1230. The van der Waals surface area contributed by atoms with Crippen molar-refractivity contribution in [1.82, 2.24) is 15.0 Å². The maximum atomic E-state index is 9.88. The molecule has 0 aliphatic heterocycles. The molecule has 3 aromatic heterocycles. The maximum Gasteiger partial charge on any atom is 0.161 e. The van der Waals surface area contributed by atoms with E-state index in [1.54, 1.807) is 18.3 Å². The summed E-state index contributed by atoms with van der Waals surface area (Å²) in [5, 5.41) is 24.0. The van der Waals surface area contributed by atoms with Gasteiger partial charge in [0.25, 0.3) is 0 Å². The largest absolute Gasteiger partial charge is 0.504 e. The van der Waals surface area contributed by atoms with E-state index in [0.29, 0.717) is 11.8 Å². The number of methoxy groups -OCH3 is 1. The average Bonchev–Trinajstić information content (AvgIpc) is 3.25. The van der Waals surface area contributed by atoms with Crippen LogP contribution in [0.1, 0.15) is 25.7 Å². The summed E-state index contributed by atoms with van der Waals surface area (Å²) in [4.78, 5) is 12.4. The van der Waals surface area contributed by atoms with Gasteiger partial charge in [-0.2, -0.15) is 0 Å². The number of phenols is 1. The Kier molecular flexibility index (Phi) is 5.41. The third kappa shape index (κ3) is 3.99. The van der Waals surface area contributed by atoms with Crippen LogP contribution < -0.4 is 10.1 Å². The van der Waals surface area contributed by atoms with Crippen molar-refractivity contribution in [2.75, 3.05) is 12.4 Å². The minimum Gasteiger partial charge on any atom is -0.504 e. The molecule has 4 N–H and O–H groups in total. The highest BCUT2D eigenvalue weighted by molar-refractivity contribution is 5.95. The zero-order chi connectivity index (χ0) is 22.1. The Balaban J connectivity index is 1.41. The van der Waals surface area contributed by atoms with Crippen molar-refractivity contribution in [1.29, 1.82) is 0 Å². The van der Waals surface area contributed by atoms with Crippen LogP contribution >= 0.6 is 0 Å². The van der Waals surface area contributed by atoms with Gasteiger partial charge in [-0.1, -0.05) is 6.07 Å². The van der Waals surface area contributed by atoms with E-state index in [0.717, 1.165) is 64.8 Å². The summed E-state index contributed by atoms with van der Waals surface area (Å²) < 4.78 is 5.24. The zero-order valence-corrected chi connectivity index (χ0v) is 17.9. The fourth-order valence-electron chi connectivity index (χ4n) is 4.33. The molecule has 3 heterocycles. The molecule has 1 saturated carbocycles. The van der Waals surface area contributed by atoms with Gasteiger partial charge in [0.05, 0.1) is 13.2 Å². The predicted octanol–water partition coefficient (Wildman–Crippen LogP) is 4.72. The van der Waals surface area contributed by atoms with Gasteiger partial charge in [0.1, 0.15) is 11.5 Å². The van der Waals surface area contributed by atoms with E-state index in [1.807, 2.05) is 24.5 Å². The second kappa shape index (κ2) is 8.51. The highest BCUT2D eigenvalue weighted by atomic mass is 16.5. The molecular weight excluding hydrogens is 404 g/mol. The molecule has 0 amide bonds. The van der Waals surface area contributed by atoms with E-state index in [9.17, 15) is 10.2 Å². The lowest BCUT2D eigenvalue weighted by atomic mass is 9.93. The number of fused-ring (bicyclic) bond motifs is 1. The number of rotatable bonds is 5. The average molecular weight is 431 g/mol. The van der Waals surface area contributed by atoms with Crippen LogP contribution in [0.4, 0.5) is 5.82 Å². The normalized spacial score (nSPS) is 18.6. The number of aromatic amines is 1. The van der Waals surface area contributed by atoms with Crippen LogP contribution in [0.3, 0.4) is 0 Å². The molecule has 0 radical (unpaired) electrons. The van der Waals surface area contributed by atoms with Crippen molar-refractivity contribution >= 4 is 16.9 Å². The van der Waals surface area contributed by atoms with Gasteiger partial charge in [0.15, 0.2) is 11.5 Å². The minimum atomic E-state index is -0.161. The smallest absolute Gasteiger partial charge is 0.161 e. The third-order valence-corrected chi connectivity index (χ3v) is 6.17. The fraction of sp³-hybridized carbons (Fsp3) is 0.280. The van der Waals surface area contributed by atoms with E-state index >= 15 is 0 Å². The van der Waals surface area contributed by atoms with Gasteiger partial charge in [-0.3, -0.25) is 0 Å². The van der Waals surface area contributed by atoms with Crippen molar-refractivity contribution < 1.29 is 14.9 Å². The summed E-state index contributed by atoms with van der Waals surface area (Å²) in [6.45, 7) is 0. The van der Waals surface area contributed by atoms with E-state index in [-0.39, 0.29) is 11.9 Å². The summed E-state index contributed by atoms with van der Waals surface area (Å²) in [6.07, 6.45) is 9.07. The molecule has 0 bridgehead atoms. The molecule has 5 rings (SSSR count). The lowest BCUT2D eigenvalue weighted by molar-refractivity contribution is 0.126. The van der Waals surface area contributed by atoms with E-state index < -0.39 is 0 Å². The van der Waals surface area contributed by atoms with Gasteiger partial charge in [0, 0.05) is 46.7 Å². The molecule has 0 atom stereocenters. The summed E-state index contributed by atoms with van der Waals surface area (Å²) in [6, 6.07) is 11.8. The van der Waals surface area contributed by atoms with Crippen molar-refractivity contribution in [3.63, 3.8) is 0 Å². The number of nitrogens with one attached hydrogen (secondary N) is 2. The molecule has 0 unspecified atom stereocenters. The van der Waals surface area contributed by atoms with Crippen LogP contribution in [0.5, 0.6) is 11.5 Å². The van der Waals surface area contributed by atoms with Crippen LogP contribution in [0.2, 0.25) is 0 Å². The molecule has 1 fully saturated rings. The molecule has 164 valence electrons. The van der Waals surface area contributed by atoms with E-state index in [2.05, 4.69) is 32.4 Å². The number of nitrogens with zero attached hydrogens (tertiary/aromatic N) is 2. The Hall–Kier alpha value is -3.58. The van der Waals surface area contributed by atoms with Gasteiger partial charge in [-0.05, 0) is 61.6 Å². The van der Waals surface area contributed by atoms with Crippen LogP contribution in [0.15, 0.2) is 55.0 Å². The summed E-state index contributed by atoms with van der Waals surface area (Å²) in [5.74, 6) is 1.39. The molecule has 1 aromatic carbocycles. The Morgan fingerprint density at radius 2 is 1.75 bits per heavy atom. The lowest BCUT2D eigenvalue weighted by Gasteiger charge is -2.26. The van der Waals surface area contributed by atoms with Crippen molar-refractivity contribution in [2.45, 2.75) is 37.8 Å². The van der Waals surface area contributed by atoms with E-state index in [1.165, 1.54) is 7.11 Å². The summed E-state index contributed by atoms with van der Waals surface area (Å²) in [7, 11) is 1.54. The van der Waals surface area contributed by atoms with Crippen molar-refractivity contribution in [2.24, 2.45) is 0 Å². The van der Waals surface area contributed by atoms with Crippen molar-refractivity contribution in [3.05, 3.63) is 55.0 Å². The monoisotopic (exact) mass is 430 g/mol. The highest BCUT2D eigenvalue weighted by Gasteiger charge is 2.19. The first kappa shape index (κ1) is 20.3. The van der Waals surface area contributed by atoms with Gasteiger partial charge < -0.3 is 25.3 Å². The number of aromatic nitrogens is 3. The highest BCUT2D eigenvalue weighted by Crippen LogP contribution is 2.34. The minimum absolute atomic E-state index is 0.108. The van der Waals surface area contributed by atoms with Crippen LogP contribution in [-0.2, 0) is 0 Å². The molecule has 1 aliphatic rings. The molecule has 32 heavy (non-hydrogen) atoms. The number of hydrogen-bond acceptors (Lipinski definition) is 6. The van der Waals surface area contributed by atoms with Crippen LogP contribution in [-0.4, -0.2) is 44.4 Å². The molecular formula is C25H26N4O3. The third-order valence-electron chi connectivity index (χ3n) is 6.17. The standard InChI is InChI=1S/C25H26N4O3/c1-32-23-11-15(2-8-22(23)31)17-10-20-21(14-28-25(20)27-13-17)16-3-9-24(26-12-16)29-18-4-6-19(30)7-5-18/h2-3,8-14,18-19,30-31H,4-7H2,1H3,(H,26,29)(H,27,28). The first-order valence-corrected chi connectivity index (χ1v) is 10.9. The molecule has 1 aliphatic carbocycles. The SMILES string of the molecule is COc1cc(-c2cnc3[nH]cc(-c4ccc(NC5CCC(O)CC5)nc4)c3c2)ccc1O. The number of aromatic hydroxyl groups is 1. The Morgan fingerprint density at radius 1 is 0.969 bits per heavy atom. The maximum absolute atomic E-state index is 9.88. The van der Waals surface area contributed by atoms with Crippen LogP contribution in [0, 0.1) is 0 Å². The molecule has 7 nitrogen and oxygen atoms in total. The number of aliphatic hydroxyl groups is 1. The number of ether oxygens (including phenoxy) is 1. The Labute approximate surface area is 186 Å². The van der Waals surface area contributed by atoms with Gasteiger partial charge in [-0.25, -0.2) is 9.97 Å².